The highest BCUT2D eigenvalue weighted by Gasteiger charge is 2.11. The normalized spacial score (nSPS) is 9.70. The van der Waals surface area contributed by atoms with Crippen molar-refractivity contribution in [3.8, 4) is 0 Å². The molecule has 1 aromatic heterocycles. The number of carbonyl (C=O) groups is 1. The largest absolute Gasteiger partial charge is 0.477 e. The molecule has 0 unspecified atom stereocenters. The number of anilines is 1. The van der Waals surface area contributed by atoms with Crippen LogP contribution in [0.15, 0.2) is 9.85 Å². The zero-order valence-corrected chi connectivity index (χ0v) is 7.20. The van der Waals surface area contributed by atoms with Crippen molar-refractivity contribution in [2.75, 3.05) is 5.73 Å². The molecule has 1 heterocycles. The van der Waals surface area contributed by atoms with Gasteiger partial charge in [-0.25, -0.2) is 4.79 Å². The van der Waals surface area contributed by atoms with Crippen molar-refractivity contribution in [3.05, 3.63) is 14.7 Å². The van der Waals surface area contributed by atoms with Crippen LogP contribution in [-0.4, -0.2) is 11.1 Å². The van der Waals surface area contributed by atoms with Crippen LogP contribution >= 0.6 is 27.3 Å². The number of thiophene rings is 1. The van der Waals surface area contributed by atoms with E-state index in [1.807, 2.05) is 0 Å². The molecular weight excluding hydrogens is 218 g/mol. The maximum atomic E-state index is 10.3. The third kappa shape index (κ3) is 1.15. The summed E-state index contributed by atoms with van der Waals surface area (Å²) < 4.78 is 0.648. The molecule has 0 aliphatic heterocycles. The van der Waals surface area contributed by atoms with Crippen molar-refractivity contribution in [1.29, 1.82) is 0 Å². The van der Waals surface area contributed by atoms with Crippen molar-refractivity contribution in [2.45, 2.75) is 0 Å². The van der Waals surface area contributed by atoms with Crippen molar-refractivity contribution < 1.29 is 9.90 Å². The van der Waals surface area contributed by atoms with Gasteiger partial charge in [0, 0.05) is 5.38 Å². The molecule has 0 aliphatic carbocycles. The molecule has 54 valence electrons. The monoisotopic (exact) mass is 221 g/mol. The van der Waals surface area contributed by atoms with E-state index in [4.69, 9.17) is 10.8 Å². The van der Waals surface area contributed by atoms with Gasteiger partial charge in [-0.3, -0.25) is 0 Å². The van der Waals surface area contributed by atoms with E-state index in [1.54, 1.807) is 5.38 Å². The highest BCUT2D eigenvalue weighted by molar-refractivity contribution is 9.10. The van der Waals surface area contributed by atoms with Crippen molar-refractivity contribution in [2.24, 2.45) is 0 Å². The third-order valence-corrected chi connectivity index (χ3v) is 2.92. The molecule has 10 heavy (non-hydrogen) atoms. The second kappa shape index (κ2) is 2.59. The lowest BCUT2D eigenvalue weighted by atomic mass is 10.4. The topological polar surface area (TPSA) is 63.3 Å². The molecular formula is C5H4BrNO2S. The van der Waals surface area contributed by atoms with Gasteiger partial charge >= 0.3 is 5.97 Å². The van der Waals surface area contributed by atoms with E-state index >= 15 is 0 Å². The van der Waals surface area contributed by atoms with Gasteiger partial charge in [0.25, 0.3) is 0 Å². The molecule has 0 aromatic carbocycles. The lowest BCUT2D eigenvalue weighted by Crippen LogP contribution is -1.97. The van der Waals surface area contributed by atoms with Gasteiger partial charge in [-0.1, -0.05) is 0 Å². The van der Waals surface area contributed by atoms with Gasteiger partial charge in [0.1, 0.15) is 4.88 Å². The number of hydrogen-bond acceptors (Lipinski definition) is 3. The maximum absolute atomic E-state index is 10.3. The van der Waals surface area contributed by atoms with Gasteiger partial charge in [-0.05, 0) is 15.9 Å². The van der Waals surface area contributed by atoms with E-state index in [-0.39, 0.29) is 4.88 Å². The van der Waals surface area contributed by atoms with E-state index in [0.717, 1.165) is 11.3 Å². The Balaban J connectivity index is 3.17. The van der Waals surface area contributed by atoms with Crippen molar-refractivity contribution in [3.63, 3.8) is 0 Å². The first-order chi connectivity index (χ1) is 4.63. The molecule has 0 atom stereocenters. The third-order valence-electron chi connectivity index (χ3n) is 0.976. The summed E-state index contributed by atoms with van der Waals surface area (Å²) in [6, 6.07) is 0. The first-order valence-electron chi connectivity index (χ1n) is 2.38. The van der Waals surface area contributed by atoms with Gasteiger partial charge in [0.2, 0.25) is 0 Å². The molecule has 3 nitrogen and oxygen atoms in total. The number of aromatic carboxylic acids is 1. The number of halogens is 1. The maximum Gasteiger partial charge on any atom is 0.348 e. The first-order valence-corrected chi connectivity index (χ1v) is 4.06. The SMILES string of the molecule is Nc1c(Br)csc1C(=O)O. The second-order valence-electron chi connectivity index (χ2n) is 1.63. The fraction of sp³-hybridized carbons (Fsp3) is 0. The Morgan fingerprint density at radius 1 is 1.80 bits per heavy atom. The van der Waals surface area contributed by atoms with Crippen LogP contribution in [0, 0.1) is 0 Å². The number of carboxylic acids is 1. The van der Waals surface area contributed by atoms with E-state index in [0.29, 0.717) is 10.2 Å². The predicted octanol–water partition coefficient (Wildman–Crippen LogP) is 1.79. The molecule has 3 N–H and O–H groups in total. The van der Waals surface area contributed by atoms with Crippen LogP contribution in [0.25, 0.3) is 0 Å². The Kier molecular flexibility index (Phi) is 1.96. The Morgan fingerprint density at radius 2 is 2.40 bits per heavy atom. The van der Waals surface area contributed by atoms with Crippen LogP contribution in [0.3, 0.4) is 0 Å². The average molecular weight is 222 g/mol. The molecule has 1 aromatic rings. The van der Waals surface area contributed by atoms with Gasteiger partial charge in [0.15, 0.2) is 0 Å². The Morgan fingerprint density at radius 3 is 2.60 bits per heavy atom. The summed E-state index contributed by atoms with van der Waals surface area (Å²) in [7, 11) is 0. The molecule has 0 radical (unpaired) electrons. The first kappa shape index (κ1) is 7.56. The number of carboxylic acid groups (broad SMARTS) is 1. The minimum Gasteiger partial charge on any atom is -0.477 e. The summed E-state index contributed by atoms with van der Waals surface area (Å²) >= 11 is 4.22. The molecule has 0 fully saturated rings. The van der Waals surface area contributed by atoms with Gasteiger partial charge < -0.3 is 10.8 Å². The molecule has 0 saturated heterocycles. The smallest absolute Gasteiger partial charge is 0.348 e. The molecule has 0 amide bonds. The van der Waals surface area contributed by atoms with Gasteiger partial charge in [-0.2, -0.15) is 0 Å². The van der Waals surface area contributed by atoms with Gasteiger partial charge in [0.05, 0.1) is 10.2 Å². The Bertz CT molecular complexity index is 271. The summed E-state index contributed by atoms with van der Waals surface area (Å²) in [5, 5.41) is 10.1. The van der Waals surface area contributed by atoms with Gasteiger partial charge in [-0.15, -0.1) is 11.3 Å². The highest BCUT2D eigenvalue weighted by atomic mass is 79.9. The number of hydrogen-bond donors (Lipinski definition) is 2. The average Bonchev–Trinajstić information content (AvgIpc) is 2.14. The fourth-order valence-electron chi connectivity index (χ4n) is 0.512. The summed E-state index contributed by atoms with van der Waals surface area (Å²) in [6.45, 7) is 0. The van der Waals surface area contributed by atoms with E-state index < -0.39 is 5.97 Å². The van der Waals surface area contributed by atoms with E-state index in [2.05, 4.69) is 15.9 Å². The Hall–Kier alpha value is -0.550. The van der Waals surface area contributed by atoms with Crippen LogP contribution in [0.1, 0.15) is 9.67 Å². The molecule has 0 bridgehead atoms. The minimum absolute atomic E-state index is 0.187. The molecule has 0 saturated carbocycles. The second-order valence-corrected chi connectivity index (χ2v) is 3.37. The molecule has 5 heteroatoms. The zero-order chi connectivity index (χ0) is 7.72. The van der Waals surface area contributed by atoms with Crippen LogP contribution in [0.4, 0.5) is 5.69 Å². The molecule has 0 aliphatic rings. The fourth-order valence-corrected chi connectivity index (χ4v) is 1.81. The minimum atomic E-state index is -0.979. The summed E-state index contributed by atoms with van der Waals surface area (Å²) in [4.78, 5) is 10.5. The Labute approximate surface area is 69.6 Å². The van der Waals surface area contributed by atoms with Crippen molar-refractivity contribution >= 4 is 38.9 Å². The van der Waals surface area contributed by atoms with E-state index in [1.165, 1.54) is 0 Å². The number of rotatable bonds is 1. The number of nitrogens with two attached hydrogens (primary N) is 1. The van der Waals surface area contributed by atoms with E-state index in [9.17, 15) is 4.79 Å². The summed E-state index contributed by atoms with van der Waals surface area (Å²) in [5.41, 5.74) is 5.69. The standard InChI is InChI=1S/C5H4BrNO2S/c6-2-1-10-4(3(2)7)5(8)9/h1H,7H2,(H,8,9). The van der Waals surface area contributed by atoms with Crippen LogP contribution in [0.2, 0.25) is 0 Å². The summed E-state index contributed by atoms with van der Waals surface area (Å²) in [6.07, 6.45) is 0. The van der Waals surface area contributed by atoms with Crippen LogP contribution in [0.5, 0.6) is 0 Å². The molecule has 0 spiro atoms. The zero-order valence-electron chi connectivity index (χ0n) is 4.80. The lowest BCUT2D eigenvalue weighted by Gasteiger charge is -1.89. The number of nitrogen functional groups attached to an aromatic ring is 1. The van der Waals surface area contributed by atoms with Crippen LogP contribution in [-0.2, 0) is 0 Å². The quantitative estimate of drug-likeness (QED) is 0.761. The predicted molar refractivity (Wildman–Crippen MR) is 43.4 cm³/mol. The van der Waals surface area contributed by atoms with Crippen molar-refractivity contribution in [1.82, 2.24) is 0 Å². The summed E-state index contributed by atoms with van der Waals surface area (Å²) in [5.74, 6) is -0.979. The van der Waals surface area contributed by atoms with Crippen LogP contribution < -0.4 is 5.73 Å². The lowest BCUT2D eigenvalue weighted by molar-refractivity contribution is 0.0703. The molecule has 1 rings (SSSR count). The highest BCUT2D eigenvalue weighted by Crippen LogP contribution is 2.29.